The average Bonchev–Trinajstić information content (AvgIpc) is 3.00. The minimum absolute atomic E-state index is 0.0468. The SMILES string of the molecule is Cc1ccc(-n2nc(C)c3c2NC(=O)C[C@H]3C(=O)c2ccccc2)cc1C. The molecule has 0 radical (unpaired) electrons. The van der Waals surface area contributed by atoms with Crippen LogP contribution in [-0.2, 0) is 4.79 Å². The maximum absolute atomic E-state index is 13.1. The number of anilines is 1. The molecule has 3 aromatic rings. The van der Waals surface area contributed by atoms with Crippen molar-refractivity contribution in [1.29, 1.82) is 0 Å². The van der Waals surface area contributed by atoms with E-state index < -0.39 is 5.92 Å². The zero-order chi connectivity index (χ0) is 19.1. The number of Topliss-reactive ketones (excluding diaryl/α,β-unsaturated/α-hetero) is 1. The van der Waals surface area contributed by atoms with Gasteiger partial charge in [-0.05, 0) is 44.0 Å². The molecule has 27 heavy (non-hydrogen) atoms. The Labute approximate surface area is 158 Å². The molecule has 1 atom stereocenters. The van der Waals surface area contributed by atoms with Crippen LogP contribution in [-0.4, -0.2) is 21.5 Å². The van der Waals surface area contributed by atoms with Gasteiger partial charge in [-0.2, -0.15) is 5.10 Å². The van der Waals surface area contributed by atoms with Gasteiger partial charge in [0.2, 0.25) is 5.91 Å². The van der Waals surface area contributed by atoms with E-state index in [1.165, 1.54) is 5.56 Å². The molecular weight excluding hydrogens is 338 g/mol. The summed E-state index contributed by atoms with van der Waals surface area (Å²) in [6.07, 6.45) is 0.139. The molecule has 0 saturated heterocycles. The summed E-state index contributed by atoms with van der Waals surface area (Å²) in [5.41, 5.74) is 5.39. The Morgan fingerprint density at radius 2 is 1.81 bits per heavy atom. The Balaban J connectivity index is 1.83. The molecule has 1 aliphatic heterocycles. The van der Waals surface area contributed by atoms with Crippen molar-refractivity contribution in [3.8, 4) is 5.69 Å². The van der Waals surface area contributed by atoms with E-state index in [1.54, 1.807) is 16.8 Å². The van der Waals surface area contributed by atoms with Gasteiger partial charge < -0.3 is 5.32 Å². The average molecular weight is 359 g/mol. The number of carbonyl (C=O) groups is 2. The zero-order valence-electron chi connectivity index (χ0n) is 15.6. The van der Waals surface area contributed by atoms with E-state index in [9.17, 15) is 9.59 Å². The number of amides is 1. The third-order valence-corrected chi connectivity index (χ3v) is 5.21. The van der Waals surface area contributed by atoms with Crippen LogP contribution in [0.15, 0.2) is 48.5 Å². The lowest BCUT2D eigenvalue weighted by molar-refractivity contribution is -0.116. The number of benzene rings is 2. The smallest absolute Gasteiger partial charge is 0.226 e. The van der Waals surface area contributed by atoms with Crippen molar-refractivity contribution in [1.82, 2.24) is 9.78 Å². The van der Waals surface area contributed by atoms with Crippen molar-refractivity contribution < 1.29 is 9.59 Å². The number of aryl methyl sites for hydroxylation is 3. The Bertz CT molecular complexity index is 1050. The number of nitrogens with zero attached hydrogens (tertiary/aromatic N) is 2. The summed E-state index contributed by atoms with van der Waals surface area (Å²) in [6, 6.07) is 15.2. The van der Waals surface area contributed by atoms with E-state index in [2.05, 4.69) is 17.3 Å². The van der Waals surface area contributed by atoms with Gasteiger partial charge in [0.1, 0.15) is 5.82 Å². The van der Waals surface area contributed by atoms with Crippen LogP contribution in [0.5, 0.6) is 0 Å². The zero-order valence-corrected chi connectivity index (χ0v) is 15.6. The minimum atomic E-state index is -0.517. The largest absolute Gasteiger partial charge is 0.310 e. The number of rotatable bonds is 3. The molecular formula is C22H21N3O2. The van der Waals surface area contributed by atoms with E-state index in [1.807, 2.05) is 50.2 Å². The Morgan fingerprint density at radius 3 is 2.52 bits per heavy atom. The Kier molecular flexibility index (Phi) is 4.15. The molecule has 5 heteroatoms. The van der Waals surface area contributed by atoms with Crippen LogP contribution in [0.25, 0.3) is 5.69 Å². The first-order valence-corrected chi connectivity index (χ1v) is 9.02. The molecule has 0 saturated carbocycles. The van der Waals surface area contributed by atoms with Crippen molar-refractivity contribution in [3.05, 3.63) is 76.5 Å². The lowest BCUT2D eigenvalue weighted by Gasteiger charge is -2.23. The topological polar surface area (TPSA) is 64.0 Å². The number of fused-ring (bicyclic) bond motifs is 1. The lowest BCUT2D eigenvalue weighted by Crippen LogP contribution is -2.28. The quantitative estimate of drug-likeness (QED) is 0.716. The summed E-state index contributed by atoms with van der Waals surface area (Å²) in [5.74, 6) is -0.131. The fraction of sp³-hybridized carbons (Fsp3) is 0.227. The van der Waals surface area contributed by atoms with Crippen molar-refractivity contribution in [2.75, 3.05) is 5.32 Å². The molecule has 0 unspecified atom stereocenters. The number of aromatic nitrogens is 2. The Hall–Kier alpha value is -3.21. The molecule has 0 aliphatic carbocycles. The van der Waals surface area contributed by atoms with Gasteiger partial charge in [0.25, 0.3) is 0 Å². The van der Waals surface area contributed by atoms with Crippen molar-refractivity contribution in [3.63, 3.8) is 0 Å². The summed E-state index contributed by atoms with van der Waals surface area (Å²) >= 11 is 0. The second-order valence-corrected chi connectivity index (χ2v) is 7.06. The summed E-state index contributed by atoms with van der Waals surface area (Å²) in [6.45, 7) is 5.99. The molecule has 0 spiro atoms. The first kappa shape index (κ1) is 17.2. The number of hydrogen-bond acceptors (Lipinski definition) is 3. The lowest BCUT2D eigenvalue weighted by atomic mass is 9.85. The molecule has 1 N–H and O–H groups in total. The van der Waals surface area contributed by atoms with Crippen molar-refractivity contribution in [2.45, 2.75) is 33.1 Å². The summed E-state index contributed by atoms with van der Waals surface area (Å²) in [4.78, 5) is 25.5. The van der Waals surface area contributed by atoms with Gasteiger partial charge in [0.05, 0.1) is 17.3 Å². The van der Waals surface area contributed by atoms with Crippen LogP contribution in [0.2, 0.25) is 0 Å². The number of ketones is 1. The van der Waals surface area contributed by atoms with Gasteiger partial charge >= 0.3 is 0 Å². The minimum Gasteiger partial charge on any atom is -0.310 e. The highest BCUT2D eigenvalue weighted by Gasteiger charge is 2.36. The maximum Gasteiger partial charge on any atom is 0.226 e. The highest BCUT2D eigenvalue weighted by atomic mass is 16.2. The maximum atomic E-state index is 13.1. The third-order valence-electron chi connectivity index (χ3n) is 5.21. The molecule has 1 aromatic heterocycles. The molecule has 1 amide bonds. The molecule has 2 heterocycles. The highest BCUT2D eigenvalue weighted by molar-refractivity contribution is 6.07. The van der Waals surface area contributed by atoms with Crippen LogP contribution in [0.4, 0.5) is 5.82 Å². The highest BCUT2D eigenvalue weighted by Crippen LogP contribution is 2.38. The van der Waals surface area contributed by atoms with Gasteiger partial charge in [0, 0.05) is 17.5 Å². The summed E-state index contributed by atoms with van der Waals surface area (Å²) in [7, 11) is 0. The molecule has 4 rings (SSSR count). The van der Waals surface area contributed by atoms with Crippen LogP contribution < -0.4 is 5.32 Å². The van der Waals surface area contributed by atoms with Gasteiger partial charge in [-0.3, -0.25) is 9.59 Å². The first-order valence-electron chi connectivity index (χ1n) is 9.02. The van der Waals surface area contributed by atoms with Gasteiger partial charge in [0.15, 0.2) is 5.78 Å². The second-order valence-electron chi connectivity index (χ2n) is 7.06. The van der Waals surface area contributed by atoms with E-state index in [4.69, 9.17) is 0 Å². The molecule has 2 aromatic carbocycles. The molecule has 1 aliphatic rings. The predicted molar refractivity (Wildman–Crippen MR) is 105 cm³/mol. The summed E-state index contributed by atoms with van der Waals surface area (Å²) in [5, 5.41) is 7.57. The van der Waals surface area contributed by atoms with E-state index >= 15 is 0 Å². The Morgan fingerprint density at radius 1 is 1.07 bits per heavy atom. The standard InChI is InChI=1S/C22H21N3O2/c1-13-9-10-17(11-14(13)2)25-22-20(15(3)24-25)18(12-19(26)23-22)21(27)16-7-5-4-6-8-16/h4-11,18H,12H2,1-3H3,(H,23,26)/t18-/m1/s1. The molecule has 0 bridgehead atoms. The van der Waals surface area contributed by atoms with Crippen LogP contribution in [0.3, 0.4) is 0 Å². The van der Waals surface area contributed by atoms with Crippen molar-refractivity contribution in [2.24, 2.45) is 0 Å². The normalized spacial score (nSPS) is 16.0. The van der Waals surface area contributed by atoms with Crippen molar-refractivity contribution >= 4 is 17.5 Å². The van der Waals surface area contributed by atoms with Crippen LogP contribution in [0.1, 0.15) is 45.1 Å². The fourth-order valence-corrected chi connectivity index (χ4v) is 3.62. The number of nitrogens with one attached hydrogen (secondary N) is 1. The molecule has 0 fully saturated rings. The fourth-order valence-electron chi connectivity index (χ4n) is 3.62. The molecule has 5 nitrogen and oxygen atoms in total. The number of carbonyl (C=O) groups excluding carboxylic acids is 2. The molecule has 136 valence electrons. The predicted octanol–water partition coefficient (Wildman–Crippen LogP) is 4.11. The monoisotopic (exact) mass is 359 g/mol. The number of hydrogen-bond donors (Lipinski definition) is 1. The van der Waals surface area contributed by atoms with E-state index in [0.717, 1.165) is 22.5 Å². The van der Waals surface area contributed by atoms with Gasteiger partial charge in [-0.15, -0.1) is 0 Å². The van der Waals surface area contributed by atoms with Gasteiger partial charge in [-0.1, -0.05) is 36.4 Å². The van der Waals surface area contributed by atoms with Crippen LogP contribution >= 0.6 is 0 Å². The summed E-state index contributed by atoms with van der Waals surface area (Å²) < 4.78 is 1.74. The van der Waals surface area contributed by atoms with Crippen LogP contribution in [0, 0.1) is 20.8 Å². The first-order chi connectivity index (χ1) is 13.0. The third kappa shape index (κ3) is 2.95. The van der Waals surface area contributed by atoms with E-state index in [-0.39, 0.29) is 18.1 Å². The van der Waals surface area contributed by atoms with Gasteiger partial charge in [-0.25, -0.2) is 4.68 Å². The van der Waals surface area contributed by atoms with E-state index in [0.29, 0.717) is 11.4 Å². The second kappa shape index (κ2) is 6.50.